The van der Waals surface area contributed by atoms with Gasteiger partial charge in [-0.2, -0.15) is 5.10 Å². The zero-order valence-corrected chi connectivity index (χ0v) is 13.6. The molecule has 0 spiro atoms. The van der Waals surface area contributed by atoms with E-state index in [1.807, 2.05) is 56.3 Å². The van der Waals surface area contributed by atoms with Crippen molar-refractivity contribution in [3.8, 4) is 0 Å². The molecule has 0 aliphatic heterocycles. The van der Waals surface area contributed by atoms with E-state index in [1.54, 1.807) is 6.21 Å². The van der Waals surface area contributed by atoms with Crippen molar-refractivity contribution in [2.24, 2.45) is 15.8 Å². The molecule has 2 aromatic carbocycles. The summed E-state index contributed by atoms with van der Waals surface area (Å²) in [5.74, 6) is 0.265. The van der Waals surface area contributed by atoms with Gasteiger partial charge in [0.2, 0.25) is 5.96 Å². The first-order chi connectivity index (χ1) is 10.1. The molecular weight excluding hydrogens is 328 g/mol. The number of hydrazone groups is 1. The first kappa shape index (κ1) is 15.3. The maximum absolute atomic E-state index is 5.85. The molecule has 0 aromatic heterocycles. The number of halogens is 1. The molecule has 0 saturated heterocycles. The fourth-order valence-corrected chi connectivity index (χ4v) is 2.11. The fraction of sp³-hybridized carbons (Fsp3) is 0.125. The highest BCUT2D eigenvalue weighted by Gasteiger charge is 2.00. The molecule has 0 aliphatic rings. The minimum Gasteiger partial charge on any atom is -0.368 e. The normalized spacial score (nSPS) is 11.9. The molecule has 0 saturated carbocycles. The predicted molar refractivity (Wildman–Crippen MR) is 92.1 cm³/mol. The number of nitrogens with zero attached hydrogens (tertiary/aromatic N) is 2. The molecule has 0 fully saturated rings. The Morgan fingerprint density at radius 3 is 2.33 bits per heavy atom. The summed E-state index contributed by atoms with van der Waals surface area (Å²) in [6.07, 6.45) is 1.69. The van der Waals surface area contributed by atoms with E-state index in [4.69, 9.17) is 5.73 Å². The molecule has 0 atom stereocenters. The standard InChI is InChI=1S/C16H17BrN4/c1-11-4-3-5-12(2)15(11)20-16(18)21-19-10-13-6-8-14(17)9-7-13/h3-10H,1-2H3,(H3,18,20,21)/b19-10-. The molecule has 5 heteroatoms. The number of hydrogen-bond donors (Lipinski definition) is 2. The molecule has 0 aliphatic carbocycles. The Morgan fingerprint density at radius 1 is 1.10 bits per heavy atom. The van der Waals surface area contributed by atoms with Crippen LogP contribution in [0.4, 0.5) is 5.69 Å². The summed E-state index contributed by atoms with van der Waals surface area (Å²) in [4.78, 5) is 4.37. The summed E-state index contributed by atoms with van der Waals surface area (Å²) < 4.78 is 1.03. The monoisotopic (exact) mass is 344 g/mol. The quantitative estimate of drug-likeness (QED) is 0.507. The Balaban J connectivity index is 2.06. The number of hydrogen-bond acceptors (Lipinski definition) is 2. The molecule has 3 N–H and O–H groups in total. The van der Waals surface area contributed by atoms with Crippen LogP contribution in [0.25, 0.3) is 0 Å². The molecule has 108 valence electrons. The Bertz CT molecular complexity index is 655. The number of benzene rings is 2. The highest BCUT2D eigenvalue weighted by atomic mass is 79.9. The van der Waals surface area contributed by atoms with E-state index < -0.39 is 0 Å². The Hall–Kier alpha value is -2.14. The van der Waals surface area contributed by atoms with Gasteiger partial charge in [0, 0.05) is 4.47 Å². The molecule has 0 bridgehead atoms. The molecule has 2 rings (SSSR count). The van der Waals surface area contributed by atoms with Crippen molar-refractivity contribution in [3.05, 3.63) is 63.6 Å². The van der Waals surface area contributed by atoms with Crippen molar-refractivity contribution in [2.75, 3.05) is 0 Å². The minimum atomic E-state index is 0.265. The lowest BCUT2D eigenvalue weighted by Crippen LogP contribution is -2.27. The van der Waals surface area contributed by atoms with Gasteiger partial charge in [-0.15, -0.1) is 0 Å². The van der Waals surface area contributed by atoms with Gasteiger partial charge < -0.3 is 5.73 Å². The second-order valence-electron chi connectivity index (χ2n) is 4.66. The van der Waals surface area contributed by atoms with Gasteiger partial charge in [-0.3, -0.25) is 0 Å². The van der Waals surface area contributed by atoms with Crippen molar-refractivity contribution >= 4 is 33.8 Å². The van der Waals surface area contributed by atoms with Gasteiger partial charge in [-0.1, -0.05) is 46.3 Å². The van der Waals surface area contributed by atoms with Gasteiger partial charge in [0.15, 0.2) is 0 Å². The van der Waals surface area contributed by atoms with Crippen LogP contribution in [0.15, 0.2) is 57.0 Å². The van der Waals surface area contributed by atoms with Crippen LogP contribution < -0.4 is 11.2 Å². The Labute approximate surface area is 132 Å². The molecule has 0 heterocycles. The van der Waals surface area contributed by atoms with Gasteiger partial charge >= 0.3 is 0 Å². The average molecular weight is 345 g/mol. The lowest BCUT2D eigenvalue weighted by atomic mass is 10.1. The van der Waals surface area contributed by atoms with Crippen LogP contribution in [0, 0.1) is 13.8 Å². The zero-order chi connectivity index (χ0) is 15.2. The minimum absolute atomic E-state index is 0.265. The number of rotatable bonds is 3. The summed E-state index contributed by atoms with van der Waals surface area (Å²) in [6, 6.07) is 13.8. The van der Waals surface area contributed by atoms with Crippen molar-refractivity contribution in [1.82, 2.24) is 5.43 Å². The lowest BCUT2D eigenvalue weighted by molar-refractivity contribution is 1.01. The van der Waals surface area contributed by atoms with Crippen molar-refractivity contribution in [1.29, 1.82) is 0 Å². The SMILES string of the molecule is Cc1cccc(C)c1N=C(N)N/N=C\c1ccc(Br)cc1. The highest BCUT2D eigenvalue weighted by molar-refractivity contribution is 9.10. The molecule has 21 heavy (non-hydrogen) atoms. The fourth-order valence-electron chi connectivity index (χ4n) is 1.85. The van der Waals surface area contributed by atoms with Crippen molar-refractivity contribution in [3.63, 3.8) is 0 Å². The predicted octanol–water partition coefficient (Wildman–Crippen LogP) is 3.64. The van der Waals surface area contributed by atoms with Crippen LogP contribution in [0.2, 0.25) is 0 Å². The van der Waals surface area contributed by atoms with E-state index in [9.17, 15) is 0 Å². The number of nitrogens with one attached hydrogen (secondary N) is 1. The van der Waals surface area contributed by atoms with Gasteiger partial charge in [-0.25, -0.2) is 10.4 Å². The van der Waals surface area contributed by atoms with Crippen LogP contribution in [0.1, 0.15) is 16.7 Å². The van der Waals surface area contributed by atoms with E-state index in [0.717, 1.165) is 26.9 Å². The highest BCUT2D eigenvalue weighted by Crippen LogP contribution is 2.22. The first-order valence-corrected chi connectivity index (χ1v) is 7.30. The van der Waals surface area contributed by atoms with Gasteiger partial charge in [0.25, 0.3) is 0 Å². The van der Waals surface area contributed by atoms with E-state index >= 15 is 0 Å². The summed E-state index contributed by atoms with van der Waals surface area (Å²) in [6.45, 7) is 4.01. The summed E-state index contributed by atoms with van der Waals surface area (Å²) >= 11 is 3.39. The van der Waals surface area contributed by atoms with Crippen molar-refractivity contribution in [2.45, 2.75) is 13.8 Å². The molecular formula is C16H17BrN4. The molecule has 2 aromatic rings. The smallest absolute Gasteiger partial charge is 0.214 e. The lowest BCUT2D eigenvalue weighted by Gasteiger charge is -2.05. The largest absolute Gasteiger partial charge is 0.368 e. The molecule has 0 unspecified atom stereocenters. The second-order valence-corrected chi connectivity index (χ2v) is 5.57. The van der Waals surface area contributed by atoms with Crippen LogP contribution in [0.3, 0.4) is 0 Å². The topological polar surface area (TPSA) is 62.8 Å². The third kappa shape index (κ3) is 4.43. The Morgan fingerprint density at radius 2 is 1.71 bits per heavy atom. The van der Waals surface area contributed by atoms with E-state index in [2.05, 4.69) is 31.4 Å². The summed E-state index contributed by atoms with van der Waals surface area (Å²) in [5, 5.41) is 4.08. The first-order valence-electron chi connectivity index (χ1n) is 6.51. The van der Waals surface area contributed by atoms with Crippen LogP contribution >= 0.6 is 15.9 Å². The maximum atomic E-state index is 5.85. The van der Waals surface area contributed by atoms with Crippen LogP contribution in [0.5, 0.6) is 0 Å². The van der Waals surface area contributed by atoms with Gasteiger partial charge in [0.05, 0.1) is 11.9 Å². The Kier molecular flexibility index (Phi) is 5.11. The van der Waals surface area contributed by atoms with Gasteiger partial charge in [-0.05, 0) is 42.7 Å². The average Bonchev–Trinajstić information content (AvgIpc) is 2.45. The van der Waals surface area contributed by atoms with Crippen LogP contribution in [-0.2, 0) is 0 Å². The van der Waals surface area contributed by atoms with E-state index in [1.165, 1.54) is 0 Å². The number of nitrogens with two attached hydrogens (primary N) is 1. The molecule has 0 radical (unpaired) electrons. The van der Waals surface area contributed by atoms with E-state index in [0.29, 0.717) is 0 Å². The van der Waals surface area contributed by atoms with Gasteiger partial charge in [0.1, 0.15) is 0 Å². The zero-order valence-electron chi connectivity index (χ0n) is 12.0. The number of aliphatic imine (C=N–C) groups is 1. The molecule has 0 amide bonds. The number of guanidine groups is 1. The van der Waals surface area contributed by atoms with Crippen LogP contribution in [-0.4, -0.2) is 12.2 Å². The summed E-state index contributed by atoms with van der Waals surface area (Å²) in [7, 11) is 0. The third-order valence-corrected chi connectivity index (χ3v) is 3.46. The molecule has 4 nitrogen and oxygen atoms in total. The third-order valence-electron chi connectivity index (χ3n) is 2.93. The maximum Gasteiger partial charge on any atom is 0.214 e. The number of para-hydroxylation sites is 1. The van der Waals surface area contributed by atoms with Crippen molar-refractivity contribution < 1.29 is 0 Å². The summed E-state index contributed by atoms with van der Waals surface area (Å²) in [5.41, 5.74) is 12.6. The second kappa shape index (κ2) is 7.04. The van der Waals surface area contributed by atoms with E-state index in [-0.39, 0.29) is 5.96 Å². The number of aryl methyl sites for hydroxylation is 2.